The van der Waals surface area contributed by atoms with Gasteiger partial charge in [0.05, 0.1) is 0 Å². The van der Waals surface area contributed by atoms with Gasteiger partial charge in [0, 0.05) is 57.5 Å². The van der Waals surface area contributed by atoms with Crippen LogP contribution in [-0.4, -0.2) is 68.3 Å². The molecule has 3 amide bonds. The first-order valence-corrected chi connectivity index (χ1v) is 12.1. The van der Waals surface area contributed by atoms with Crippen LogP contribution >= 0.6 is 0 Å². The average Bonchev–Trinajstić information content (AvgIpc) is 3.01. The number of aryl methyl sites for hydroxylation is 1. The normalized spacial score (nSPS) is 18.6. The zero-order chi connectivity index (χ0) is 23.3. The summed E-state index contributed by atoms with van der Waals surface area (Å²) in [6.45, 7) is 7.92. The molecule has 1 spiro atoms. The van der Waals surface area contributed by atoms with Crippen molar-refractivity contribution in [3.05, 3.63) is 60.2 Å². The van der Waals surface area contributed by atoms with Gasteiger partial charge in [0.25, 0.3) is 5.91 Å². The molecule has 0 N–H and O–H groups in total. The molecule has 4 rings (SSSR count). The summed E-state index contributed by atoms with van der Waals surface area (Å²) in [5.74, 6) is 0.493. The summed E-state index contributed by atoms with van der Waals surface area (Å²) in [4.78, 5) is 41.1. The predicted octanol–water partition coefficient (Wildman–Crippen LogP) is 3.75. The maximum absolute atomic E-state index is 13.7. The molecule has 0 saturated carbocycles. The lowest BCUT2D eigenvalue weighted by Gasteiger charge is -2.42. The maximum Gasteiger partial charge on any atom is 0.327 e. The molecule has 2 aliphatic rings. The Morgan fingerprint density at radius 3 is 2.12 bits per heavy atom. The average molecular weight is 450 g/mol. The minimum absolute atomic E-state index is 0.00884. The third-order valence-corrected chi connectivity index (χ3v) is 6.99. The fourth-order valence-electron chi connectivity index (χ4n) is 4.98. The minimum Gasteiger partial charge on any atom is -0.309 e. The number of hydrogen-bond donors (Lipinski definition) is 0. The largest absolute Gasteiger partial charge is 0.327 e. The van der Waals surface area contributed by atoms with Crippen LogP contribution in [0.4, 0.5) is 4.79 Å². The predicted molar refractivity (Wildman–Crippen MR) is 127 cm³/mol. The van der Waals surface area contributed by atoms with Crippen LogP contribution in [0.15, 0.2) is 49.1 Å². The molecule has 0 atom stereocenters. The molecule has 33 heavy (non-hydrogen) atoms. The highest BCUT2D eigenvalue weighted by Crippen LogP contribution is 2.38. The summed E-state index contributed by atoms with van der Waals surface area (Å²) in [5.41, 5.74) is 1.72. The first-order chi connectivity index (χ1) is 16.0. The van der Waals surface area contributed by atoms with Crippen LogP contribution in [0.25, 0.3) is 0 Å². The van der Waals surface area contributed by atoms with Crippen molar-refractivity contribution in [2.24, 2.45) is 5.92 Å². The Hall–Kier alpha value is -2.80. The van der Waals surface area contributed by atoms with E-state index in [-0.39, 0.29) is 11.9 Å². The Kier molecular flexibility index (Phi) is 7.38. The molecule has 176 valence electrons. The Morgan fingerprint density at radius 2 is 1.52 bits per heavy atom. The fourth-order valence-corrected chi connectivity index (χ4v) is 4.98. The molecule has 7 heteroatoms. The molecular formula is C26H35N5O2. The zero-order valence-electron chi connectivity index (χ0n) is 19.8. The second kappa shape index (κ2) is 10.4. The van der Waals surface area contributed by atoms with Gasteiger partial charge in [-0.05, 0) is 73.4 Å². The number of imide groups is 1. The van der Waals surface area contributed by atoms with E-state index in [1.807, 2.05) is 41.6 Å². The second-order valence-electron chi connectivity index (χ2n) is 9.70. The molecule has 7 nitrogen and oxygen atoms in total. The highest BCUT2D eigenvalue weighted by atomic mass is 16.2. The lowest BCUT2D eigenvalue weighted by Crippen LogP contribution is -2.56. The van der Waals surface area contributed by atoms with Crippen LogP contribution < -0.4 is 0 Å². The monoisotopic (exact) mass is 449 g/mol. The first-order valence-electron chi connectivity index (χ1n) is 12.1. The van der Waals surface area contributed by atoms with Gasteiger partial charge in [0.15, 0.2) is 0 Å². The number of carbonyl (C=O) groups excluding carboxylic acids is 2. The van der Waals surface area contributed by atoms with Gasteiger partial charge < -0.3 is 4.90 Å². The van der Waals surface area contributed by atoms with E-state index in [4.69, 9.17) is 0 Å². The highest BCUT2D eigenvalue weighted by Gasteiger charge is 2.57. The number of likely N-dealkylation sites (tertiary alicyclic amines) is 1. The first kappa shape index (κ1) is 23.4. The van der Waals surface area contributed by atoms with Crippen LogP contribution in [0.3, 0.4) is 0 Å². The molecule has 2 aliphatic heterocycles. The molecule has 2 aromatic heterocycles. The fraction of sp³-hybridized carbons (Fsp3) is 0.538. The molecule has 0 unspecified atom stereocenters. The summed E-state index contributed by atoms with van der Waals surface area (Å²) in [5, 5.41) is 0. The summed E-state index contributed by atoms with van der Waals surface area (Å²) in [7, 11) is 0. The van der Waals surface area contributed by atoms with Gasteiger partial charge in [0.1, 0.15) is 5.54 Å². The molecule has 0 aliphatic carbocycles. The van der Waals surface area contributed by atoms with Gasteiger partial charge in [-0.3, -0.25) is 24.6 Å². The molecule has 2 aromatic rings. The van der Waals surface area contributed by atoms with Crippen molar-refractivity contribution in [3.8, 4) is 0 Å². The lowest BCUT2D eigenvalue weighted by atomic mass is 9.85. The highest BCUT2D eigenvalue weighted by molar-refractivity contribution is 6.07. The third kappa shape index (κ3) is 5.24. The molecular weight excluding hydrogens is 414 g/mol. The summed E-state index contributed by atoms with van der Waals surface area (Å²) in [6.07, 6.45) is 11.1. The third-order valence-electron chi connectivity index (χ3n) is 6.99. The van der Waals surface area contributed by atoms with Crippen LogP contribution in [0.5, 0.6) is 0 Å². The Morgan fingerprint density at radius 1 is 0.909 bits per heavy atom. The smallest absolute Gasteiger partial charge is 0.309 e. The Labute approximate surface area is 196 Å². The van der Waals surface area contributed by atoms with E-state index < -0.39 is 5.54 Å². The summed E-state index contributed by atoms with van der Waals surface area (Å²) >= 11 is 0. The topological polar surface area (TPSA) is 69.6 Å². The molecule has 0 aromatic carbocycles. The van der Waals surface area contributed by atoms with Gasteiger partial charge in [-0.1, -0.05) is 13.8 Å². The van der Waals surface area contributed by atoms with Crippen molar-refractivity contribution in [2.75, 3.05) is 26.2 Å². The minimum atomic E-state index is -0.683. The number of nitrogens with zero attached hydrogens (tertiary/aromatic N) is 5. The van der Waals surface area contributed by atoms with E-state index >= 15 is 0 Å². The SMILES string of the molecule is CC(C)CCN1C(=O)N(CCCc2ccncc2)C(=O)C12CCN(Cc1ccncc1)CC2. The standard InChI is InChI=1S/C26H35N5O2/c1-21(2)9-17-31-25(33)30(16-3-4-22-5-12-27-13-6-22)24(32)26(31)10-18-29(19-11-26)20-23-7-14-28-15-8-23/h5-8,12-15,21H,3-4,9-11,16-20H2,1-2H3. The van der Waals surface area contributed by atoms with Gasteiger partial charge in [0.2, 0.25) is 0 Å². The van der Waals surface area contributed by atoms with Crippen molar-refractivity contribution < 1.29 is 9.59 Å². The van der Waals surface area contributed by atoms with E-state index in [1.54, 1.807) is 12.4 Å². The van der Waals surface area contributed by atoms with Crippen molar-refractivity contribution >= 4 is 11.9 Å². The van der Waals surface area contributed by atoms with Crippen LogP contribution in [0.2, 0.25) is 0 Å². The number of amides is 3. The molecule has 0 radical (unpaired) electrons. The lowest BCUT2D eigenvalue weighted by molar-refractivity contribution is -0.135. The number of piperidine rings is 1. The van der Waals surface area contributed by atoms with E-state index in [1.165, 1.54) is 16.0 Å². The number of hydrogen-bond acceptors (Lipinski definition) is 5. The summed E-state index contributed by atoms with van der Waals surface area (Å²) in [6, 6.07) is 7.95. The Bertz CT molecular complexity index is 926. The van der Waals surface area contributed by atoms with Crippen LogP contribution in [0, 0.1) is 5.92 Å². The molecule has 2 saturated heterocycles. The van der Waals surface area contributed by atoms with E-state index in [2.05, 4.69) is 28.7 Å². The number of aromatic nitrogens is 2. The maximum atomic E-state index is 13.7. The number of carbonyl (C=O) groups is 2. The molecule has 0 bridgehead atoms. The zero-order valence-corrected chi connectivity index (χ0v) is 19.8. The van der Waals surface area contributed by atoms with Gasteiger partial charge in [-0.2, -0.15) is 0 Å². The quantitative estimate of drug-likeness (QED) is 0.545. The van der Waals surface area contributed by atoms with Crippen molar-refractivity contribution in [1.29, 1.82) is 0 Å². The van der Waals surface area contributed by atoms with Gasteiger partial charge >= 0.3 is 6.03 Å². The van der Waals surface area contributed by atoms with Crippen molar-refractivity contribution in [1.82, 2.24) is 24.7 Å². The van der Waals surface area contributed by atoms with Gasteiger partial charge in [-0.25, -0.2) is 4.79 Å². The van der Waals surface area contributed by atoms with Crippen molar-refractivity contribution in [2.45, 2.75) is 58.0 Å². The van der Waals surface area contributed by atoms with Crippen LogP contribution in [-0.2, 0) is 17.8 Å². The van der Waals surface area contributed by atoms with E-state index in [0.717, 1.165) is 38.9 Å². The van der Waals surface area contributed by atoms with Crippen LogP contribution in [0.1, 0.15) is 50.7 Å². The number of urea groups is 1. The number of rotatable bonds is 9. The molecule has 2 fully saturated rings. The second-order valence-corrected chi connectivity index (χ2v) is 9.70. The summed E-state index contributed by atoms with van der Waals surface area (Å²) < 4.78 is 0. The van der Waals surface area contributed by atoms with E-state index in [9.17, 15) is 9.59 Å². The van der Waals surface area contributed by atoms with Crippen molar-refractivity contribution in [3.63, 3.8) is 0 Å². The Balaban J connectivity index is 1.43. The number of pyridine rings is 2. The van der Waals surface area contributed by atoms with E-state index in [0.29, 0.717) is 31.8 Å². The molecule has 4 heterocycles. The van der Waals surface area contributed by atoms with Gasteiger partial charge in [-0.15, -0.1) is 0 Å².